The van der Waals surface area contributed by atoms with Crippen LogP contribution in [0.2, 0.25) is 0 Å². The normalized spacial score (nSPS) is 29.6. The van der Waals surface area contributed by atoms with E-state index in [1.807, 2.05) is 37.3 Å². The Hall–Kier alpha value is -0.890. The Morgan fingerprint density at radius 3 is 2.72 bits per heavy atom. The molecule has 0 aliphatic heterocycles. The SMILES string of the molecule is C=CC1CC1(N)P(=O)(Cc1ccccc1)OCC. The highest BCUT2D eigenvalue weighted by molar-refractivity contribution is 7.60. The lowest BCUT2D eigenvalue weighted by molar-refractivity contribution is 0.321. The molecule has 1 aromatic carbocycles. The summed E-state index contributed by atoms with van der Waals surface area (Å²) >= 11 is 0. The molecule has 1 aromatic rings. The number of benzene rings is 1. The number of hydrogen-bond acceptors (Lipinski definition) is 3. The second-order valence-electron chi connectivity index (χ2n) is 4.77. The molecular formula is C14H20NO2P. The van der Waals surface area contributed by atoms with Gasteiger partial charge in [-0.15, -0.1) is 6.58 Å². The van der Waals surface area contributed by atoms with E-state index in [9.17, 15) is 4.57 Å². The van der Waals surface area contributed by atoms with Gasteiger partial charge in [0.2, 0.25) is 7.37 Å². The number of nitrogens with two attached hydrogens (primary N) is 1. The van der Waals surface area contributed by atoms with E-state index >= 15 is 0 Å². The molecule has 0 heterocycles. The minimum Gasteiger partial charge on any atom is -0.327 e. The molecule has 1 aliphatic carbocycles. The Morgan fingerprint density at radius 2 is 2.22 bits per heavy atom. The molecular weight excluding hydrogens is 245 g/mol. The Morgan fingerprint density at radius 1 is 1.56 bits per heavy atom. The van der Waals surface area contributed by atoms with E-state index in [-0.39, 0.29) is 5.92 Å². The fourth-order valence-corrected chi connectivity index (χ4v) is 5.14. The molecule has 3 nitrogen and oxygen atoms in total. The Labute approximate surface area is 108 Å². The largest absolute Gasteiger partial charge is 0.327 e. The molecule has 2 rings (SSSR count). The molecule has 3 atom stereocenters. The third-order valence-electron chi connectivity index (χ3n) is 3.52. The molecule has 0 radical (unpaired) electrons. The lowest BCUT2D eigenvalue weighted by atomic mass is 10.2. The van der Waals surface area contributed by atoms with E-state index in [1.54, 1.807) is 6.08 Å². The minimum atomic E-state index is -2.88. The molecule has 1 fully saturated rings. The van der Waals surface area contributed by atoms with Gasteiger partial charge in [0.15, 0.2) is 0 Å². The molecule has 1 saturated carbocycles. The van der Waals surface area contributed by atoms with E-state index in [1.165, 1.54) is 0 Å². The number of hydrogen-bond donors (Lipinski definition) is 1. The van der Waals surface area contributed by atoms with Crippen LogP contribution in [0.1, 0.15) is 18.9 Å². The summed E-state index contributed by atoms with van der Waals surface area (Å²) in [6.45, 7) is 6.02. The predicted molar refractivity (Wildman–Crippen MR) is 74.6 cm³/mol. The van der Waals surface area contributed by atoms with Gasteiger partial charge < -0.3 is 10.3 Å². The summed E-state index contributed by atoms with van der Waals surface area (Å²) in [5.41, 5.74) is 7.26. The van der Waals surface area contributed by atoms with Crippen molar-refractivity contribution in [2.45, 2.75) is 24.8 Å². The maximum absolute atomic E-state index is 13.0. The van der Waals surface area contributed by atoms with Gasteiger partial charge in [0, 0.05) is 5.92 Å². The average Bonchev–Trinajstić information content (AvgIpc) is 3.04. The van der Waals surface area contributed by atoms with Crippen LogP contribution in [-0.4, -0.2) is 11.9 Å². The van der Waals surface area contributed by atoms with Crippen LogP contribution in [0.15, 0.2) is 43.0 Å². The van der Waals surface area contributed by atoms with Crippen molar-refractivity contribution in [1.82, 2.24) is 0 Å². The van der Waals surface area contributed by atoms with Crippen molar-refractivity contribution in [1.29, 1.82) is 0 Å². The van der Waals surface area contributed by atoms with Crippen molar-refractivity contribution in [2.24, 2.45) is 11.7 Å². The molecule has 18 heavy (non-hydrogen) atoms. The average molecular weight is 265 g/mol. The molecule has 3 unspecified atom stereocenters. The van der Waals surface area contributed by atoms with Gasteiger partial charge in [-0.1, -0.05) is 36.4 Å². The number of rotatable bonds is 6. The maximum Gasteiger partial charge on any atom is 0.227 e. The molecule has 0 amide bonds. The third-order valence-corrected chi connectivity index (χ3v) is 6.76. The summed E-state index contributed by atoms with van der Waals surface area (Å²) in [7, 11) is -2.88. The monoisotopic (exact) mass is 265 g/mol. The first-order valence-corrected chi connectivity index (χ1v) is 8.06. The Bertz CT molecular complexity index is 474. The second-order valence-corrected chi connectivity index (χ2v) is 7.53. The summed E-state index contributed by atoms with van der Waals surface area (Å²) in [5.74, 6) is 0.110. The smallest absolute Gasteiger partial charge is 0.227 e. The van der Waals surface area contributed by atoms with Crippen LogP contribution in [-0.2, 0) is 15.3 Å². The molecule has 0 spiro atoms. The fourth-order valence-electron chi connectivity index (χ4n) is 2.32. The van der Waals surface area contributed by atoms with Gasteiger partial charge in [-0.2, -0.15) is 0 Å². The van der Waals surface area contributed by atoms with Gasteiger partial charge in [0.05, 0.1) is 12.8 Å². The van der Waals surface area contributed by atoms with Crippen LogP contribution in [0.25, 0.3) is 0 Å². The summed E-state index contributed by atoms with van der Waals surface area (Å²) in [6.07, 6.45) is 2.90. The molecule has 0 saturated heterocycles. The van der Waals surface area contributed by atoms with Crippen LogP contribution in [0, 0.1) is 5.92 Å². The highest BCUT2D eigenvalue weighted by atomic mass is 31.2. The van der Waals surface area contributed by atoms with Gasteiger partial charge in [-0.3, -0.25) is 4.57 Å². The fraction of sp³-hybridized carbons (Fsp3) is 0.429. The van der Waals surface area contributed by atoms with Crippen LogP contribution < -0.4 is 5.73 Å². The van der Waals surface area contributed by atoms with Gasteiger partial charge in [-0.05, 0) is 18.9 Å². The van der Waals surface area contributed by atoms with Crippen molar-refractivity contribution >= 4 is 7.37 Å². The Balaban J connectivity index is 2.23. The van der Waals surface area contributed by atoms with E-state index in [0.717, 1.165) is 5.56 Å². The molecule has 2 N–H and O–H groups in total. The maximum atomic E-state index is 13.0. The molecule has 4 heteroatoms. The zero-order chi connectivity index (χ0) is 13.2. The van der Waals surface area contributed by atoms with E-state index < -0.39 is 12.6 Å². The first kappa shape index (κ1) is 13.5. The van der Waals surface area contributed by atoms with Crippen molar-refractivity contribution in [3.8, 4) is 0 Å². The van der Waals surface area contributed by atoms with Crippen LogP contribution >= 0.6 is 7.37 Å². The van der Waals surface area contributed by atoms with E-state index in [4.69, 9.17) is 10.3 Å². The highest BCUT2D eigenvalue weighted by Gasteiger charge is 2.62. The van der Waals surface area contributed by atoms with Gasteiger partial charge in [-0.25, -0.2) is 0 Å². The minimum absolute atomic E-state index is 0.110. The zero-order valence-electron chi connectivity index (χ0n) is 10.7. The summed E-state index contributed by atoms with van der Waals surface area (Å²) in [5, 5.41) is -0.708. The zero-order valence-corrected chi connectivity index (χ0v) is 11.6. The quantitative estimate of drug-likeness (QED) is 0.633. The molecule has 0 aromatic heterocycles. The van der Waals surface area contributed by atoms with E-state index in [0.29, 0.717) is 19.2 Å². The summed E-state index contributed by atoms with van der Waals surface area (Å²) in [6, 6.07) is 9.73. The topological polar surface area (TPSA) is 52.3 Å². The van der Waals surface area contributed by atoms with Crippen molar-refractivity contribution in [3.63, 3.8) is 0 Å². The molecule has 98 valence electrons. The predicted octanol–water partition coefficient (Wildman–Crippen LogP) is 3.36. The third kappa shape index (κ3) is 2.31. The lowest BCUT2D eigenvalue weighted by Gasteiger charge is -2.25. The molecule has 0 bridgehead atoms. The van der Waals surface area contributed by atoms with Gasteiger partial charge >= 0.3 is 0 Å². The van der Waals surface area contributed by atoms with Crippen molar-refractivity contribution in [2.75, 3.05) is 6.61 Å². The highest BCUT2D eigenvalue weighted by Crippen LogP contribution is 2.72. The standard InChI is InChI=1S/C14H20NO2P/c1-3-13-10-14(13,15)18(16,17-4-2)11-12-8-6-5-7-9-12/h3,5-9,13H,1,4,10-11,15H2,2H3. The van der Waals surface area contributed by atoms with E-state index in [2.05, 4.69) is 6.58 Å². The van der Waals surface area contributed by atoms with Gasteiger partial charge in [0.1, 0.15) is 5.28 Å². The second kappa shape index (κ2) is 5.00. The van der Waals surface area contributed by atoms with Crippen LogP contribution in [0.5, 0.6) is 0 Å². The first-order valence-electron chi connectivity index (χ1n) is 6.25. The van der Waals surface area contributed by atoms with Crippen molar-refractivity contribution in [3.05, 3.63) is 48.6 Å². The van der Waals surface area contributed by atoms with Crippen LogP contribution in [0.3, 0.4) is 0 Å². The summed E-state index contributed by atoms with van der Waals surface area (Å²) < 4.78 is 18.6. The lowest BCUT2D eigenvalue weighted by Crippen LogP contribution is -2.27. The summed E-state index contributed by atoms with van der Waals surface area (Å²) in [4.78, 5) is 0. The van der Waals surface area contributed by atoms with Crippen molar-refractivity contribution < 1.29 is 9.09 Å². The first-order chi connectivity index (χ1) is 8.55. The van der Waals surface area contributed by atoms with Crippen LogP contribution in [0.4, 0.5) is 0 Å². The Kier molecular flexibility index (Phi) is 3.76. The van der Waals surface area contributed by atoms with Gasteiger partial charge in [0.25, 0.3) is 0 Å². The molecule has 1 aliphatic rings.